The van der Waals surface area contributed by atoms with Gasteiger partial charge in [0.2, 0.25) is 0 Å². The van der Waals surface area contributed by atoms with Crippen LogP contribution < -0.4 is 4.72 Å². The van der Waals surface area contributed by atoms with Crippen molar-refractivity contribution in [3.05, 3.63) is 35.6 Å². The van der Waals surface area contributed by atoms with Gasteiger partial charge in [-0.25, -0.2) is 9.11 Å². The molecule has 4 nitrogen and oxygen atoms in total. The summed E-state index contributed by atoms with van der Waals surface area (Å²) in [5.74, 6) is 0.110. The van der Waals surface area contributed by atoms with Gasteiger partial charge in [0.1, 0.15) is 5.82 Å². The van der Waals surface area contributed by atoms with Gasteiger partial charge in [-0.15, -0.1) is 0 Å². The fraction of sp³-hybridized carbons (Fsp3) is 0.571. The molecule has 1 aliphatic heterocycles. The summed E-state index contributed by atoms with van der Waals surface area (Å²) in [6, 6.07) is 6.23. The lowest BCUT2D eigenvalue weighted by Gasteiger charge is -2.29. The molecule has 1 aliphatic rings. The summed E-state index contributed by atoms with van der Waals surface area (Å²) in [5.41, 5.74) is 0.791. The van der Waals surface area contributed by atoms with E-state index in [1.807, 2.05) is 0 Å². The van der Waals surface area contributed by atoms with Crippen LogP contribution in [0.2, 0.25) is 0 Å². The normalized spacial score (nSPS) is 21.0. The van der Waals surface area contributed by atoms with Crippen LogP contribution in [0.1, 0.15) is 25.3 Å². The Hall–Kier alpha value is -0.980. The van der Waals surface area contributed by atoms with Crippen molar-refractivity contribution in [1.29, 1.82) is 0 Å². The van der Waals surface area contributed by atoms with Crippen molar-refractivity contribution in [2.75, 3.05) is 19.6 Å². The van der Waals surface area contributed by atoms with Gasteiger partial charge in [-0.3, -0.25) is 0 Å². The van der Waals surface area contributed by atoms with E-state index in [4.69, 9.17) is 0 Å². The molecule has 20 heavy (non-hydrogen) atoms. The van der Waals surface area contributed by atoms with E-state index >= 15 is 0 Å². The summed E-state index contributed by atoms with van der Waals surface area (Å²) < 4.78 is 41.4. The maximum absolute atomic E-state index is 13.0. The minimum Gasteiger partial charge on any atom is -0.207 e. The summed E-state index contributed by atoms with van der Waals surface area (Å²) in [5, 5.41) is 0. The predicted molar refractivity (Wildman–Crippen MR) is 77.0 cm³/mol. The molecule has 1 heterocycles. The molecule has 0 bridgehead atoms. The molecule has 112 valence electrons. The number of hydrogen-bond acceptors (Lipinski definition) is 2. The zero-order chi connectivity index (χ0) is 14.6. The van der Waals surface area contributed by atoms with Gasteiger partial charge < -0.3 is 0 Å². The van der Waals surface area contributed by atoms with E-state index in [1.165, 1.54) is 16.4 Å². The maximum atomic E-state index is 13.0. The van der Waals surface area contributed by atoms with Gasteiger partial charge in [-0.1, -0.05) is 19.1 Å². The minimum atomic E-state index is -3.41. The van der Waals surface area contributed by atoms with Crippen molar-refractivity contribution < 1.29 is 12.8 Å². The van der Waals surface area contributed by atoms with Crippen LogP contribution in [-0.2, 0) is 16.6 Å². The first-order valence-corrected chi connectivity index (χ1v) is 8.40. The Kier molecular flexibility index (Phi) is 5.12. The number of halogens is 1. The van der Waals surface area contributed by atoms with Gasteiger partial charge >= 0.3 is 0 Å². The summed E-state index contributed by atoms with van der Waals surface area (Å²) in [6.45, 7) is 3.51. The van der Waals surface area contributed by atoms with Crippen LogP contribution in [0.5, 0.6) is 0 Å². The lowest BCUT2D eigenvalue weighted by atomic mass is 10.0. The Balaban J connectivity index is 1.86. The minimum absolute atomic E-state index is 0.288. The second-order valence-electron chi connectivity index (χ2n) is 5.38. The molecule has 0 radical (unpaired) electrons. The lowest BCUT2D eigenvalue weighted by Crippen LogP contribution is -2.46. The largest absolute Gasteiger partial charge is 0.279 e. The number of piperidine rings is 1. The number of nitrogens with one attached hydrogen (secondary N) is 1. The van der Waals surface area contributed by atoms with Gasteiger partial charge in [-0.2, -0.15) is 12.7 Å². The summed E-state index contributed by atoms with van der Waals surface area (Å²) in [4.78, 5) is 0. The molecule has 0 saturated carbocycles. The third-order valence-electron chi connectivity index (χ3n) is 3.55. The first-order chi connectivity index (χ1) is 9.47. The van der Waals surface area contributed by atoms with Crippen molar-refractivity contribution in [3.8, 4) is 0 Å². The highest BCUT2D eigenvalue weighted by atomic mass is 32.2. The molecular weight excluding hydrogens is 279 g/mol. The van der Waals surface area contributed by atoms with Gasteiger partial charge in [0.25, 0.3) is 10.2 Å². The van der Waals surface area contributed by atoms with Gasteiger partial charge in [0.15, 0.2) is 0 Å². The summed E-state index contributed by atoms with van der Waals surface area (Å²) in [6.07, 6.45) is 2.47. The van der Waals surface area contributed by atoms with E-state index in [2.05, 4.69) is 11.6 Å². The molecule has 2 rings (SSSR count). The molecule has 0 aliphatic carbocycles. The van der Waals surface area contributed by atoms with Crippen molar-refractivity contribution in [2.24, 2.45) is 5.92 Å². The average molecular weight is 300 g/mol. The van der Waals surface area contributed by atoms with E-state index < -0.39 is 10.2 Å². The Labute approximate surface area is 120 Å². The highest BCUT2D eigenvalue weighted by molar-refractivity contribution is 7.87. The Morgan fingerprint density at radius 2 is 2.25 bits per heavy atom. The zero-order valence-electron chi connectivity index (χ0n) is 11.7. The van der Waals surface area contributed by atoms with Crippen LogP contribution in [0.4, 0.5) is 4.39 Å². The smallest absolute Gasteiger partial charge is 0.207 e. The van der Waals surface area contributed by atoms with Gasteiger partial charge in [-0.05, 0) is 42.9 Å². The van der Waals surface area contributed by atoms with Gasteiger partial charge in [0.05, 0.1) is 0 Å². The van der Waals surface area contributed by atoms with E-state index in [1.54, 1.807) is 12.1 Å². The van der Waals surface area contributed by atoms with E-state index in [9.17, 15) is 12.8 Å². The number of benzene rings is 1. The first kappa shape index (κ1) is 15.4. The summed E-state index contributed by atoms with van der Waals surface area (Å²) in [7, 11) is -3.41. The number of hydrogen-bond donors (Lipinski definition) is 1. The molecule has 6 heteroatoms. The first-order valence-electron chi connectivity index (χ1n) is 6.96. The predicted octanol–water partition coefficient (Wildman–Crippen LogP) is 1.93. The van der Waals surface area contributed by atoms with Gasteiger partial charge in [0, 0.05) is 19.6 Å². The molecule has 0 aromatic heterocycles. The van der Waals surface area contributed by atoms with Crippen LogP contribution in [0.15, 0.2) is 24.3 Å². The fourth-order valence-electron chi connectivity index (χ4n) is 2.47. The van der Waals surface area contributed by atoms with Crippen LogP contribution >= 0.6 is 0 Å². The van der Waals surface area contributed by atoms with Crippen LogP contribution in [0.25, 0.3) is 0 Å². The van der Waals surface area contributed by atoms with Crippen molar-refractivity contribution in [1.82, 2.24) is 9.03 Å². The van der Waals surface area contributed by atoms with E-state index in [-0.39, 0.29) is 12.4 Å². The molecule has 1 aromatic carbocycles. The standard InChI is InChI=1S/C14H21FN2O2S/c1-12-4-3-9-17(11-12)20(18,19)16-8-7-13-5-2-6-14(15)10-13/h2,5-6,10,12,16H,3-4,7-9,11H2,1H3/t12-/m1/s1. The highest BCUT2D eigenvalue weighted by Gasteiger charge is 2.26. The van der Waals surface area contributed by atoms with E-state index in [0.29, 0.717) is 25.4 Å². The third-order valence-corrected chi connectivity index (χ3v) is 5.13. The molecule has 1 fully saturated rings. The lowest BCUT2D eigenvalue weighted by molar-refractivity contribution is 0.278. The molecule has 0 unspecified atom stereocenters. The quantitative estimate of drug-likeness (QED) is 0.903. The van der Waals surface area contributed by atoms with E-state index in [0.717, 1.165) is 18.4 Å². The van der Waals surface area contributed by atoms with Crippen LogP contribution in [0, 0.1) is 11.7 Å². The van der Waals surface area contributed by atoms with Crippen molar-refractivity contribution in [2.45, 2.75) is 26.2 Å². The second kappa shape index (κ2) is 6.65. The van der Waals surface area contributed by atoms with Crippen LogP contribution in [-0.4, -0.2) is 32.4 Å². The molecule has 0 amide bonds. The van der Waals surface area contributed by atoms with Crippen molar-refractivity contribution >= 4 is 10.2 Å². The number of rotatable bonds is 5. The molecule has 1 N–H and O–H groups in total. The molecule has 1 aromatic rings. The highest BCUT2D eigenvalue weighted by Crippen LogP contribution is 2.17. The Morgan fingerprint density at radius 3 is 2.95 bits per heavy atom. The zero-order valence-corrected chi connectivity index (χ0v) is 12.5. The monoisotopic (exact) mass is 300 g/mol. The Bertz CT molecular complexity index is 548. The van der Waals surface area contributed by atoms with Crippen molar-refractivity contribution in [3.63, 3.8) is 0 Å². The van der Waals surface area contributed by atoms with Crippen LogP contribution in [0.3, 0.4) is 0 Å². The fourth-order valence-corrected chi connectivity index (χ4v) is 3.84. The molecule has 1 saturated heterocycles. The second-order valence-corrected chi connectivity index (χ2v) is 7.14. The maximum Gasteiger partial charge on any atom is 0.279 e. The topological polar surface area (TPSA) is 49.4 Å². The Morgan fingerprint density at radius 1 is 1.45 bits per heavy atom. The SMILES string of the molecule is C[C@@H]1CCCN(S(=O)(=O)NCCc2cccc(F)c2)C1. The third kappa shape index (κ3) is 4.26. The summed E-state index contributed by atoms with van der Waals surface area (Å²) >= 11 is 0. The molecular formula is C14H21FN2O2S. The average Bonchev–Trinajstić information content (AvgIpc) is 2.38. The molecule has 1 atom stereocenters. The number of nitrogens with zero attached hydrogens (tertiary/aromatic N) is 1. The molecule has 0 spiro atoms.